The maximum Gasteiger partial charge on any atom is 0.323 e. The Balaban J connectivity index is 1.85. The van der Waals surface area contributed by atoms with Crippen LogP contribution in [0, 0.1) is 0 Å². The van der Waals surface area contributed by atoms with Gasteiger partial charge in [-0.25, -0.2) is 4.79 Å². The van der Waals surface area contributed by atoms with Crippen LogP contribution in [-0.4, -0.2) is 20.7 Å². The summed E-state index contributed by atoms with van der Waals surface area (Å²) in [5, 5.41) is 16.7. The Morgan fingerprint density at radius 2 is 1.57 bits per heavy atom. The molecule has 0 spiro atoms. The summed E-state index contributed by atoms with van der Waals surface area (Å²) in [6.07, 6.45) is 3.25. The normalized spacial score (nSPS) is 11.3. The van der Waals surface area contributed by atoms with E-state index >= 15 is 0 Å². The lowest BCUT2D eigenvalue weighted by molar-refractivity contribution is 0.262. The SMILES string of the molecule is CC(C)c1cccc(C(C)C)c1NC(=O)Nc1c(-c2cccc(O)c2)c2ccncc2n(C)c1=O. The first-order valence-corrected chi connectivity index (χ1v) is 11.7. The van der Waals surface area contributed by atoms with Crippen molar-refractivity contribution in [2.75, 3.05) is 10.6 Å². The highest BCUT2D eigenvalue weighted by molar-refractivity contribution is 6.08. The highest BCUT2D eigenvalue weighted by atomic mass is 16.3. The fourth-order valence-electron chi connectivity index (χ4n) is 4.41. The number of aromatic hydroxyl groups is 1. The first-order chi connectivity index (χ1) is 16.7. The van der Waals surface area contributed by atoms with E-state index < -0.39 is 6.03 Å². The number of hydrogen-bond acceptors (Lipinski definition) is 4. The number of amides is 2. The fraction of sp³-hybridized carbons (Fsp3) is 0.250. The summed E-state index contributed by atoms with van der Waals surface area (Å²) in [6.45, 7) is 8.32. The topological polar surface area (TPSA) is 96.2 Å². The van der Waals surface area contributed by atoms with Crippen LogP contribution in [-0.2, 0) is 7.05 Å². The molecule has 0 aliphatic carbocycles. The number of urea groups is 1. The number of nitrogens with one attached hydrogen (secondary N) is 2. The monoisotopic (exact) mass is 470 g/mol. The zero-order valence-electron chi connectivity index (χ0n) is 20.6. The van der Waals surface area contributed by atoms with Crippen LogP contribution < -0.4 is 16.2 Å². The summed E-state index contributed by atoms with van der Waals surface area (Å²) in [6, 6.07) is 13.9. The number of anilines is 2. The number of hydrogen-bond donors (Lipinski definition) is 3. The predicted molar refractivity (Wildman–Crippen MR) is 141 cm³/mol. The molecule has 0 aliphatic rings. The van der Waals surface area contributed by atoms with Crippen molar-refractivity contribution in [3.05, 3.63) is 82.4 Å². The lowest BCUT2D eigenvalue weighted by atomic mass is 9.93. The molecular formula is C28H30N4O3. The molecule has 0 aliphatic heterocycles. The molecule has 3 N–H and O–H groups in total. The molecule has 4 aromatic rings. The molecule has 2 aromatic heterocycles. The van der Waals surface area contributed by atoms with Crippen molar-refractivity contribution < 1.29 is 9.90 Å². The molecule has 4 rings (SSSR count). The summed E-state index contributed by atoms with van der Waals surface area (Å²) in [4.78, 5) is 30.9. The van der Waals surface area contributed by atoms with Crippen molar-refractivity contribution >= 4 is 28.3 Å². The average molecular weight is 471 g/mol. The molecule has 0 bridgehead atoms. The van der Waals surface area contributed by atoms with Crippen molar-refractivity contribution in [1.82, 2.24) is 9.55 Å². The van der Waals surface area contributed by atoms with Crippen LogP contribution >= 0.6 is 0 Å². The van der Waals surface area contributed by atoms with Crippen LogP contribution in [0.4, 0.5) is 16.2 Å². The van der Waals surface area contributed by atoms with Crippen LogP contribution in [0.2, 0.25) is 0 Å². The lowest BCUT2D eigenvalue weighted by Crippen LogP contribution is -2.29. The Morgan fingerprint density at radius 1 is 0.943 bits per heavy atom. The molecule has 2 amide bonds. The van der Waals surface area contributed by atoms with E-state index in [4.69, 9.17) is 0 Å². The molecule has 0 atom stereocenters. The van der Waals surface area contributed by atoms with E-state index in [1.165, 1.54) is 4.57 Å². The van der Waals surface area contributed by atoms with Crippen LogP contribution in [0.25, 0.3) is 22.0 Å². The molecule has 180 valence electrons. The third-order valence-electron chi connectivity index (χ3n) is 6.18. The number of aryl methyl sites for hydroxylation is 1. The van der Waals surface area contributed by atoms with Crippen molar-refractivity contribution in [2.24, 2.45) is 7.05 Å². The van der Waals surface area contributed by atoms with Gasteiger partial charge >= 0.3 is 6.03 Å². The number of carbonyl (C=O) groups is 1. The molecule has 0 saturated carbocycles. The number of phenolic OH excluding ortho intramolecular Hbond substituents is 1. The van der Waals surface area contributed by atoms with Gasteiger partial charge in [-0.2, -0.15) is 0 Å². The van der Waals surface area contributed by atoms with Crippen LogP contribution in [0.3, 0.4) is 0 Å². The molecular weight excluding hydrogens is 440 g/mol. The van der Waals surface area contributed by atoms with E-state index in [0.29, 0.717) is 16.6 Å². The van der Waals surface area contributed by atoms with Crippen LogP contribution in [0.15, 0.2) is 65.7 Å². The van der Waals surface area contributed by atoms with E-state index in [2.05, 4.69) is 43.3 Å². The Kier molecular flexibility index (Phi) is 6.60. The van der Waals surface area contributed by atoms with Gasteiger partial charge in [0.2, 0.25) is 0 Å². The van der Waals surface area contributed by atoms with Gasteiger partial charge in [0.1, 0.15) is 11.4 Å². The number of carbonyl (C=O) groups excluding carboxylic acids is 1. The van der Waals surface area contributed by atoms with E-state index in [-0.39, 0.29) is 28.8 Å². The van der Waals surface area contributed by atoms with Crippen molar-refractivity contribution in [1.29, 1.82) is 0 Å². The van der Waals surface area contributed by atoms with Gasteiger partial charge in [0.15, 0.2) is 0 Å². The number of aromatic nitrogens is 2. The molecule has 0 radical (unpaired) electrons. The molecule has 0 fully saturated rings. The molecule has 7 nitrogen and oxygen atoms in total. The lowest BCUT2D eigenvalue weighted by Gasteiger charge is -2.21. The van der Waals surface area contributed by atoms with Gasteiger partial charge in [-0.3, -0.25) is 9.78 Å². The zero-order chi connectivity index (χ0) is 25.3. The molecule has 35 heavy (non-hydrogen) atoms. The molecule has 2 aromatic carbocycles. The summed E-state index contributed by atoms with van der Waals surface area (Å²) in [7, 11) is 1.65. The summed E-state index contributed by atoms with van der Waals surface area (Å²) in [5.74, 6) is 0.467. The molecule has 0 unspecified atom stereocenters. The van der Waals surface area contributed by atoms with E-state index in [9.17, 15) is 14.7 Å². The minimum Gasteiger partial charge on any atom is -0.508 e. The smallest absolute Gasteiger partial charge is 0.323 e. The Bertz CT molecular complexity index is 1450. The molecule has 2 heterocycles. The molecule has 0 saturated heterocycles. The van der Waals surface area contributed by atoms with E-state index in [1.807, 2.05) is 18.2 Å². The fourth-order valence-corrected chi connectivity index (χ4v) is 4.41. The maximum atomic E-state index is 13.4. The second-order valence-electron chi connectivity index (χ2n) is 9.26. The zero-order valence-corrected chi connectivity index (χ0v) is 20.6. The Morgan fingerprint density at radius 3 is 2.20 bits per heavy atom. The minimum atomic E-state index is -0.507. The first-order valence-electron chi connectivity index (χ1n) is 11.7. The Labute approximate surface area is 204 Å². The number of nitrogens with zero attached hydrogens (tertiary/aromatic N) is 2. The standard InChI is InChI=1S/C28H30N4O3/c1-16(2)20-10-7-11-21(17(3)4)25(20)30-28(35)31-26-24(18-8-6-9-19(33)14-18)22-12-13-29-15-23(22)32(5)27(26)34/h6-17,33H,1-5H3,(H2,30,31,35). The van der Waals surface area contributed by atoms with Crippen LogP contribution in [0.1, 0.15) is 50.7 Å². The van der Waals surface area contributed by atoms with Crippen molar-refractivity contribution in [3.8, 4) is 16.9 Å². The third-order valence-corrected chi connectivity index (χ3v) is 6.18. The second kappa shape index (κ2) is 9.62. The van der Waals surface area contributed by atoms with Crippen molar-refractivity contribution in [2.45, 2.75) is 39.5 Å². The number of pyridine rings is 2. The van der Waals surface area contributed by atoms with Crippen LogP contribution in [0.5, 0.6) is 5.75 Å². The highest BCUT2D eigenvalue weighted by Crippen LogP contribution is 2.35. The largest absolute Gasteiger partial charge is 0.508 e. The first kappa shape index (κ1) is 24.0. The van der Waals surface area contributed by atoms with Gasteiger partial charge in [0.25, 0.3) is 5.56 Å². The van der Waals surface area contributed by atoms with Gasteiger partial charge in [-0.05, 0) is 46.7 Å². The summed E-state index contributed by atoms with van der Waals surface area (Å²) in [5.41, 5.74) is 4.32. The third kappa shape index (κ3) is 4.62. The quantitative estimate of drug-likeness (QED) is 0.324. The predicted octanol–water partition coefficient (Wildman–Crippen LogP) is 6.20. The second-order valence-corrected chi connectivity index (χ2v) is 9.26. The average Bonchev–Trinajstić information content (AvgIpc) is 2.82. The van der Waals surface area contributed by atoms with Gasteiger partial charge in [0, 0.05) is 29.9 Å². The summed E-state index contributed by atoms with van der Waals surface area (Å²) >= 11 is 0. The minimum absolute atomic E-state index is 0.0632. The maximum absolute atomic E-state index is 13.4. The number of benzene rings is 2. The number of rotatable bonds is 5. The number of phenols is 1. The van der Waals surface area contributed by atoms with Gasteiger partial charge in [-0.15, -0.1) is 0 Å². The van der Waals surface area contributed by atoms with Gasteiger partial charge < -0.3 is 20.3 Å². The molecule has 7 heteroatoms. The number of fused-ring (bicyclic) bond motifs is 1. The summed E-state index contributed by atoms with van der Waals surface area (Å²) < 4.78 is 1.46. The van der Waals surface area contributed by atoms with Gasteiger partial charge in [-0.1, -0.05) is 58.0 Å². The number of para-hydroxylation sites is 1. The van der Waals surface area contributed by atoms with E-state index in [1.54, 1.807) is 49.8 Å². The Hall–Kier alpha value is -4.13. The van der Waals surface area contributed by atoms with Crippen molar-refractivity contribution in [3.63, 3.8) is 0 Å². The van der Waals surface area contributed by atoms with E-state index in [0.717, 1.165) is 22.2 Å². The highest BCUT2D eigenvalue weighted by Gasteiger charge is 2.21. The van der Waals surface area contributed by atoms with Gasteiger partial charge in [0.05, 0.1) is 11.7 Å².